The molecule has 1 aromatic rings. The molecule has 0 heterocycles. The molecule has 1 aliphatic rings. The van der Waals surface area contributed by atoms with E-state index in [2.05, 4.69) is 62.4 Å². The van der Waals surface area contributed by atoms with Crippen LogP contribution in [0.1, 0.15) is 29.5 Å². The molecule has 2 rings (SSSR count). The molecular weight excluding hydrogens is 242 g/mol. The molecule has 1 heteroatoms. The number of benzene rings is 1. The Morgan fingerprint density at radius 3 is 2.60 bits per heavy atom. The third-order valence-electron chi connectivity index (χ3n) is 3.46. The fourth-order valence-electron chi connectivity index (χ4n) is 2.41. The van der Waals surface area contributed by atoms with Gasteiger partial charge in [0.1, 0.15) is 0 Å². The van der Waals surface area contributed by atoms with Crippen LogP contribution in [0.5, 0.6) is 0 Å². The average molecular weight is 263 g/mol. The lowest BCUT2D eigenvalue weighted by atomic mass is 9.98. The van der Waals surface area contributed by atoms with E-state index in [-0.39, 0.29) is 0 Å². The first-order valence-electron chi connectivity index (χ1n) is 7.02. The van der Waals surface area contributed by atoms with Crippen molar-refractivity contribution in [2.45, 2.75) is 26.7 Å². The van der Waals surface area contributed by atoms with Crippen LogP contribution in [0.2, 0.25) is 0 Å². The molecule has 0 atom stereocenters. The summed E-state index contributed by atoms with van der Waals surface area (Å²) in [5.41, 5.74) is 5.32. The van der Waals surface area contributed by atoms with Gasteiger partial charge in [-0.05, 0) is 49.5 Å². The van der Waals surface area contributed by atoms with Gasteiger partial charge in [0.25, 0.3) is 0 Å². The van der Waals surface area contributed by atoms with Gasteiger partial charge >= 0.3 is 0 Å². The zero-order valence-electron chi connectivity index (χ0n) is 12.2. The molecule has 1 N–H and O–H groups in total. The third kappa shape index (κ3) is 3.67. The normalized spacial score (nSPS) is 16.2. The van der Waals surface area contributed by atoms with Crippen LogP contribution in [-0.2, 0) is 0 Å². The van der Waals surface area contributed by atoms with Crippen LogP contribution in [0.15, 0.2) is 66.3 Å². The molecule has 0 aromatic heterocycles. The fraction of sp³-hybridized carbons (Fsp3) is 0.211. The molecule has 0 fully saturated rings. The van der Waals surface area contributed by atoms with E-state index in [9.17, 15) is 0 Å². The number of hydrogen-bond acceptors (Lipinski definition) is 1. The van der Waals surface area contributed by atoms with Gasteiger partial charge in [-0.15, -0.1) is 0 Å². The molecule has 1 nitrogen and oxygen atoms in total. The van der Waals surface area contributed by atoms with Crippen LogP contribution in [0.3, 0.4) is 0 Å². The minimum atomic E-state index is 0.595. The molecule has 1 aliphatic carbocycles. The summed E-state index contributed by atoms with van der Waals surface area (Å²) < 4.78 is 0. The second-order valence-electron chi connectivity index (χ2n) is 5.09. The van der Waals surface area contributed by atoms with Crippen LogP contribution in [0.4, 0.5) is 0 Å². The van der Waals surface area contributed by atoms with Gasteiger partial charge in [0.15, 0.2) is 0 Å². The number of aryl methyl sites for hydroxylation is 2. The Hall–Kier alpha value is -2.15. The molecule has 0 spiro atoms. The third-order valence-corrected chi connectivity index (χ3v) is 3.46. The zero-order chi connectivity index (χ0) is 14.4. The summed E-state index contributed by atoms with van der Waals surface area (Å²) in [6, 6.07) is 6.16. The van der Waals surface area contributed by atoms with E-state index in [1.54, 1.807) is 0 Å². The molecule has 1 aromatic carbocycles. The van der Waals surface area contributed by atoms with Crippen molar-refractivity contribution in [3.8, 4) is 0 Å². The van der Waals surface area contributed by atoms with Crippen molar-refractivity contribution in [3.05, 3.63) is 83.0 Å². The van der Waals surface area contributed by atoms with Crippen LogP contribution >= 0.6 is 0 Å². The van der Waals surface area contributed by atoms with Crippen molar-refractivity contribution in [3.63, 3.8) is 0 Å². The lowest BCUT2D eigenvalue weighted by Crippen LogP contribution is -2.00. The van der Waals surface area contributed by atoms with Gasteiger partial charge in [0.05, 0.1) is 5.71 Å². The Morgan fingerprint density at radius 2 is 1.95 bits per heavy atom. The predicted molar refractivity (Wildman–Crippen MR) is 87.5 cm³/mol. The molecule has 20 heavy (non-hydrogen) atoms. The molecule has 0 amide bonds. The lowest BCUT2D eigenvalue weighted by Gasteiger charge is -2.07. The molecular formula is C19H21N. The van der Waals surface area contributed by atoms with Crippen LogP contribution in [0.25, 0.3) is 0 Å². The maximum atomic E-state index is 8.20. The highest BCUT2D eigenvalue weighted by molar-refractivity contribution is 6.08. The Labute approximate surface area is 121 Å². The van der Waals surface area contributed by atoms with E-state index < -0.39 is 0 Å². The van der Waals surface area contributed by atoms with E-state index >= 15 is 0 Å². The van der Waals surface area contributed by atoms with Crippen molar-refractivity contribution in [2.75, 3.05) is 0 Å². The van der Waals surface area contributed by atoms with E-state index in [1.165, 1.54) is 16.7 Å². The van der Waals surface area contributed by atoms with Gasteiger partial charge in [-0.1, -0.05) is 54.7 Å². The average Bonchev–Trinajstić information content (AvgIpc) is 2.44. The van der Waals surface area contributed by atoms with E-state index in [0.29, 0.717) is 5.71 Å². The van der Waals surface area contributed by atoms with Crippen molar-refractivity contribution in [1.82, 2.24) is 0 Å². The summed E-state index contributed by atoms with van der Waals surface area (Å²) in [5, 5.41) is 8.20. The number of hydrogen-bond donors (Lipinski definition) is 1. The number of allylic oxidation sites excluding steroid dienone is 8. The Kier molecular flexibility index (Phi) is 4.89. The van der Waals surface area contributed by atoms with Crippen molar-refractivity contribution < 1.29 is 0 Å². The maximum absolute atomic E-state index is 8.20. The quantitative estimate of drug-likeness (QED) is 0.734. The molecule has 0 unspecified atom stereocenters. The summed E-state index contributed by atoms with van der Waals surface area (Å²) in [4.78, 5) is 0. The Morgan fingerprint density at radius 1 is 1.20 bits per heavy atom. The summed E-state index contributed by atoms with van der Waals surface area (Å²) >= 11 is 0. The van der Waals surface area contributed by atoms with Gasteiger partial charge in [0.2, 0.25) is 0 Å². The van der Waals surface area contributed by atoms with Gasteiger partial charge in [-0.2, -0.15) is 0 Å². The van der Waals surface area contributed by atoms with E-state index in [1.807, 2.05) is 12.1 Å². The van der Waals surface area contributed by atoms with Gasteiger partial charge in [0, 0.05) is 5.56 Å². The molecule has 0 saturated carbocycles. The topological polar surface area (TPSA) is 23.9 Å². The molecule has 102 valence electrons. The SMILES string of the molecule is Cc1cccc(C)c1C(=N)/C=C/C/C=C1/C=CC=CC1. The van der Waals surface area contributed by atoms with Gasteiger partial charge in [-0.25, -0.2) is 0 Å². The van der Waals surface area contributed by atoms with Crippen molar-refractivity contribution in [1.29, 1.82) is 5.41 Å². The first kappa shape index (κ1) is 14.3. The monoisotopic (exact) mass is 263 g/mol. The van der Waals surface area contributed by atoms with Crippen LogP contribution in [0, 0.1) is 19.3 Å². The van der Waals surface area contributed by atoms with Gasteiger partial charge < -0.3 is 5.41 Å². The maximum Gasteiger partial charge on any atom is 0.0614 e. The summed E-state index contributed by atoms with van der Waals surface area (Å²) in [7, 11) is 0. The molecule has 0 radical (unpaired) electrons. The highest BCUT2D eigenvalue weighted by atomic mass is 14.4. The largest absolute Gasteiger partial charge is 0.300 e. The summed E-state index contributed by atoms with van der Waals surface area (Å²) in [6.45, 7) is 4.12. The van der Waals surface area contributed by atoms with Crippen molar-refractivity contribution >= 4 is 5.71 Å². The van der Waals surface area contributed by atoms with Gasteiger partial charge in [-0.3, -0.25) is 0 Å². The second kappa shape index (κ2) is 6.85. The summed E-state index contributed by atoms with van der Waals surface area (Å²) in [6.07, 6.45) is 16.5. The highest BCUT2D eigenvalue weighted by Gasteiger charge is 2.04. The second-order valence-corrected chi connectivity index (χ2v) is 5.09. The van der Waals surface area contributed by atoms with Crippen LogP contribution < -0.4 is 0 Å². The number of rotatable bonds is 4. The van der Waals surface area contributed by atoms with Crippen molar-refractivity contribution in [2.24, 2.45) is 0 Å². The molecule has 0 bridgehead atoms. The molecule has 0 aliphatic heterocycles. The number of nitrogens with one attached hydrogen (secondary N) is 1. The van der Waals surface area contributed by atoms with E-state index in [0.717, 1.165) is 18.4 Å². The highest BCUT2D eigenvalue weighted by Crippen LogP contribution is 2.15. The Bertz CT molecular complexity index is 592. The predicted octanol–water partition coefficient (Wildman–Crippen LogP) is 5.06. The van der Waals surface area contributed by atoms with E-state index in [4.69, 9.17) is 5.41 Å². The smallest absolute Gasteiger partial charge is 0.0614 e. The zero-order valence-corrected chi connectivity index (χ0v) is 12.2. The summed E-state index contributed by atoms with van der Waals surface area (Å²) in [5.74, 6) is 0. The van der Waals surface area contributed by atoms with Crippen LogP contribution in [-0.4, -0.2) is 5.71 Å². The Balaban J connectivity index is 1.99. The first-order chi connectivity index (χ1) is 9.68. The first-order valence-corrected chi connectivity index (χ1v) is 7.02. The standard InChI is InChI=1S/C19H21N/c1-15-9-8-10-16(2)19(15)18(20)14-7-6-13-17-11-4-3-5-12-17/h3-5,7-11,13-14,20H,6,12H2,1-2H3/b14-7+,17-13-,20-18?. The minimum Gasteiger partial charge on any atom is -0.300 e. The lowest BCUT2D eigenvalue weighted by molar-refractivity contribution is 1.21. The fourth-order valence-corrected chi connectivity index (χ4v) is 2.41. The molecule has 0 saturated heterocycles. The minimum absolute atomic E-state index is 0.595.